The SMILES string of the molecule is CC(P(c1ccccc1)c1ccccc1)P(=O)(c1ccccc1)c1ccccc1. The van der Waals surface area contributed by atoms with E-state index in [2.05, 4.69) is 55.5 Å². The smallest absolute Gasteiger partial charge is 0.150 e. The summed E-state index contributed by atoms with van der Waals surface area (Å²) in [5, 5.41) is 4.34. The number of hydrogen-bond acceptors (Lipinski definition) is 1. The van der Waals surface area contributed by atoms with Crippen LogP contribution in [0.5, 0.6) is 0 Å². The molecule has 0 saturated carbocycles. The second kappa shape index (κ2) is 8.91. The zero-order valence-corrected chi connectivity index (χ0v) is 18.2. The third-order valence-electron chi connectivity index (χ3n) is 5.25. The lowest BCUT2D eigenvalue weighted by atomic mass is 10.4. The van der Waals surface area contributed by atoms with Crippen LogP contribution in [0.25, 0.3) is 0 Å². The summed E-state index contributed by atoms with van der Waals surface area (Å²) in [4.78, 5) is 0. The Labute approximate surface area is 174 Å². The highest BCUT2D eigenvalue weighted by molar-refractivity contribution is 7.92. The molecule has 0 spiro atoms. The highest BCUT2D eigenvalue weighted by Crippen LogP contribution is 2.61. The highest BCUT2D eigenvalue weighted by atomic mass is 31.2. The van der Waals surface area contributed by atoms with E-state index >= 15 is 0 Å². The Bertz CT molecular complexity index is 998. The summed E-state index contributed by atoms with van der Waals surface area (Å²) in [5.74, 6) is 0. The molecule has 3 heteroatoms. The molecule has 1 nitrogen and oxygen atoms in total. The molecule has 4 rings (SSSR count). The van der Waals surface area contributed by atoms with Crippen LogP contribution in [-0.2, 0) is 4.57 Å². The van der Waals surface area contributed by atoms with Gasteiger partial charge in [0.05, 0.1) is 0 Å². The van der Waals surface area contributed by atoms with E-state index in [0.29, 0.717) is 0 Å². The fourth-order valence-electron chi connectivity index (χ4n) is 3.80. The fraction of sp³-hybridized carbons (Fsp3) is 0.0769. The van der Waals surface area contributed by atoms with E-state index in [4.69, 9.17) is 0 Å². The summed E-state index contributed by atoms with van der Waals surface area (Å²) >= 11 is 0. The normalized spacial score (nSPS) is 12.6. The van der Waals surface area contributed by atoms with Crippen molar-refractivity contribution in [1.82, 2.24) is 0 Å². The van der Waals surface area contributed by atoms with Crippen molar-refractivity contribution < 1.29 is 4.57 Å². The number of benzene rings is 4. The summed E-state index contributed by atoms with van der Waals surface area (Å²) in [5.41, 5.74) is 0. The van der Waals surface area contributed by atoms with E-state index in [1.807, 2.05) is 72.8 Å². The van der Waals surface area contributed by atoms with Gasteiger partial charge < -0.3 is 4.57 Å². The van der Waals surface area contributed by atoms with Crippen LogP contribution < -0.4 is 21.2 Å². The van der Waals surface area contributed by atoms with E-state index in [0.717, 1.165) is 10.6 Å². The van der Waals surface area contributed by atoms with Gasteiger partial charge in [0.25, 0.3) is 0 Å². The molecule has 0 heterocycles. The van der Waals surface area contributed by atoms with Gasteiger partial charge >= 0.3 is 0 Å². The third-order valence-corrected chi connectivity index (χ3v) is 12.6. The molecule has 0 aliphatic heterocycles. The molecule has 1 unspecified atom stereocenters. The van der Waals surface area contributed by atoms with Crippen LogP contribution in [0.2, 0.25) is 0 Å². The van der Waals surface area contributed by atoms with Gasteiger partial charge in [0.1, 0.15) is 0 Å². The molecule has 0 bridgehead atoms. The lowest BCUT2D eigenvalue weighted by Crippen LogP contribution is -2.28. The van der Waals surface area contributed by atoms with E-state index in [1.165, 1.54) is 10.6 Å². The highest BCUT2D eigenvalue weighted by Gasteiger charge is 2.39. The van der Waals surface area contributed by atoms with Gasteiger partial charge in [-0.05, 0) is 18.5 Å². The van der Waals surface area contributed by atoms with E-state index in [9.17, 15) is 4.57 Å². The molecular formula is C26H24OP2. The summed E-state index contributed by atoms with van der Waals surface area (Å²) in [6.45, 7) is 2.17. The number of rotatable bonds is 6. The van der Waals surface area contributed by atoms with Crippen LogP contribution in [0.15, 0.2) is 121 Å². The summed E-state index contributed by atoms with van der Waals surface area (Å²) in [6, 6.07) is 41.1. The monoisotopic (exact) mass is 414 g/mol. The molecule has 144 valence electrons. The molecule has 0 amide bonds. The minimum absolute atomic E-state index is 0.0351. The molecule has 4 aromatic rings. The van der Waals surface area contributed by atoms with E-state index in [-0.39, 0.29) is 5.40 Å². The van der Waals surface area contributed by atoms with Crippen LogP contribution in [0.1, 0.15) is 6.92 Å². The Balaban J connectivity index is 1.92. The second-order valence-corrected chi connectivity index (χ2v) is 13.1. The lowest BCUT2D eigenvalue weighted by Gasteiger charge is -2.33. The van der Waals surface area contributed by atoms with Crippen molar-refractivity contribution in [3.63, 3.8) is 0 Å². The standard InChI is InChI=1S/C26H24OP2/c1-22(28(23-14-6-2-7-15-23)24-16-8-3-9-17-24)29(27,25-18-10-4-11-19-25)26-20-12-5-13-21-26/h2-22H,1H3. The van der Waals surface area contributed by atoms with Gasteiger partial charge in [-0.15, -0.1) is 0 Å². The average Bonchev–Trinajstić information content (AvgIpc) is 2.81. The van der Waals surface area contributed by atoms with Crippen LogP contribution in [0, 0.1) is 0 Å². The summed E-state index contributed by atoms with van der Waals surface area (Å²) in [6.07, 6.45) is 0. The van der Waals surface area contributed by atoms with Gasteiger partial charge in [0, 0.05) is 16.0 Å². The Hall–Kier alpha value is -2.46. The fourth-order valence-corrected chi connectivity index (χ4v) is 11.2. The second-order valence-electron chi connectivity index (χ2n) is 7.00. The zero-order chi connectivity index (χ0) is 20.1. The van der Waals surface area contributed by atoms with Crippen LogP contribution in [-0.4, -0.2) is 5.40 Å². The Morgan fingerprint density at radius 1 is 0.552 bits per heavy atom. The predicted octanol–water partition coefficient (Wildman–Crippen LogP) is 5.48. The zero-order valence-electron chi connectivity index (χ0n) is 16.4. The molecule has 0 aromatic heterocycles. The Morgan fingerprint density at radius 2 is 0.862 bits per heavy atom. The van der Waals surface area contributed by atoms with Crippen LogP contribution >= 0.6 is 15.1 Å². The maximum atomic E-state index is 14.9. The van der Waals surface area contributed by atoms with Gasteiger partial charge in [-0.25, -0.2) is 0 Å². The van der Waals surface area contributed by atoms with E-state index in [1.54, 1.807) is 0 Å². The quantitative estimate of drug-likeness (QED) is 0.382. The molecule has 0 saturated heterocycles. The summed E-state index contributed by atoms with van der Waals surface area (Å²) < 4.78 is 14.9. The van der Waals surface area contributed by atoms with Crippen molar-refractivity contribution in [1.29, 1.82) is 0 Å². The first-order chi connectivity index (χ1) is 14.2. The predicted molar refractivity (Wildman–Crippen MR) is 128 cm³/mol. The Morgan fingerprint density at radius 3 is 1.21 bits per heavy atom. The first-order valence-electron chi connectivity index (χ1n) is 9.81. The molecule has 0 fully saturated rings. The van der Waals surface area contributed by atoms with Crippen molar-refractivity contribution >= 4 is 36.3 Å². The van der Waals surface area contributed by atoms with Crippen molar-refractivity contribution in [3.05, 3.63) is 121 Å². The van der Waals surface area contributed by atoms with Gasteiger partial charge in [-0.3, -0.25) is 0 Å². The maximum Gasteiger partial charge on any atom is 0.150 e. The third kappa shape index (κ3) is 3.99. The molecule has 4 aromatic carbocycles. The molecule has 0 aliphatic carbocycles. The lowest BCUT2D eigenvalue weighted by molar-refractivity contribution is 0.586. The van der Waals surface area contributed by atoms with E-state index < -0.39 is 15.1 Å². The molecule has 29 heavy (non-hydrogen) atoms. The van der Waals surface area contributed by atoms with Gasteiger partial charge in [-0.1, -0.05) is 128 Å². The first-order valence-corrected chi connectivity index (χ1v) is 13.0. The van der Waals surface area contributed by atoms with Gasteiger partial charge in [-0.2, -0.15) is 0 Å². The molecule has 0 aliphatic rings. The van der Waals surface area contributed by atoms with Crippen LogP contribution in [0.4, 0.5) is 0 Å². The largest absolute Gasteiger partial charge is 0.313 e. The number of hydrogen-bond donors (Lipinski definition) is 0. The first kappa shape index (κ1) is 19.8. The topological polar surface area (TPSA) is 17.1 Å². The minimum Gasteiger partial charge on any atom is -0.313 e. The van der Waals surface area contributed by atoms with Gasteiger partial charge in [0.2, 0.25) is 0 Å². The molecule has 0 radical (unpaired) electrons. The summed E-state index contributed by atoms with van der Waals surface area (Å²) in [7, 11) is -3.68. The van der Waals surface area contributed by atoms with Crippen LogP contribution in [0.3, 0.4) is 0 Å². The molecular weight excluding hydrogens is 390 g/mol. The maximum absolute atomic E-state index is 14.9. The van der Waals surface area contributed by atoms with Crippen molar-refractivity contribution in [3.8, 4) is 0 Å². The van der Waals surface area contributed by atoms with Crippen molar-refractivity contribution in [2.24, 2.45) is 0 Å². The van der Waals surface area contributed by atoms with Gasteiger partial charge in [0.15, 0.2) is 7.14 Å². The minimum atomic E-state index is -2.87. The Kier molecular flexibility index (Phi) is 6.10. The van der Waals surface area contributed by atoms with Crippen molar-refractivity contribution in [2.75, 3.05) is 0 Å². The average molecular weight is 414 g/mol. The molecule has 0 N–H and O–H groups in total. The molecule has 1 atom stereocenters. The van der Waals surface area contributed by atoms with Crippen molar-refractivity contribution in [2.45, 2.75) is 12.3 Å².